The number of hydrogen-bond donors (Lipinski definition) is 1. The van der Waals surface area contributed by atoms with E-state index in [-0.39, 0.29) is 17.4 Å². The molecule has 6 rings (SSSR count). The maximum atomic E-state index is 13.7. The van der Waals surface area contributed by atoms with E-state index in [1.807, 2.05) is 28.8 Å². The number of aryl methyl sites for hydroxylation is 1. The fraction of sp³-hybridized carbons (Fsp3) is 0.143. The van der Waals surface area contributed by atoms with Gasteiger partial charge >= 0.3 is 0 Å². The van der Waals surface area contributed by atoms with E-state index in [2.05, 4.69) is 30.3 Å². The Kier molecular flexibility index (Phi) is 4.96. The third kappa shape index (κ3) is 3.22. The minimum Gasteiger partial charge on any atom is -0.504 e. The summed E-state index contributed by atoms with van der Waals surface area (Å²) in [6.45, 7) is 0. The number of benzene rings is 3. The lowest BCUT2D eigenvalue weighted by Gasteiger charge is -2.30. The second-order valence-corrected chi connectivity index (χ2v) is 9.43. The summed E-state index contributed by atoms with van der Waals surface area (Å²) in [7, 11) is 1.51. The van der Waals surface area contributed by atoms with Gasteiger partial charge in [-0.15, -0.1) is 0 Å². The molecule has 0 radical (unpaired) electrons. The second-order valence-electron chi connectivity index (χ2n) is 8.42. The molecule has 0 amide bonds. The molecule has 1 aliphatic carbocycles. The normalized spacial score (nSPS) is 17.0. The molecule has 2 aliphatic rings. The minimum atomic E-state index is -0.207. The van der Waals surface area contributed by atoms with Crippen molar-refractivity contribution in [3.05, 3.63) is 120 Å². The molecule has 1 aromatic heterocycles. The Morgan fingerprint density at radius 3 is 2.65 bits per heavy atom. The number of aromatic nitrogens is 1. The highest BCUT2D eigenvalue weighted by Crippen LogP contribution is 2.41. The molecule has 3 aromatic carbocycles. The first-order chi connectivity index (χ1) is 16.7. The van der Waals surface area contributed by atoms with Crippen LogP contribution in [0.3, 0.4) is 0 Å². The number of fused-ring (bicyclic) bond motifs is 3. The number of allylic oxidation sites excluding steroid dienone is 1. The Bertz CT molecular complexity index is 1630. The maximum Gasteiger partial charge on any atom is 0.271 e. The van der Waals surface area contributed by atoms with Gasteiger partial charge in [-0.25, -0.2) is 4.99 Å². The van der Waals surface area contributed by atoms with Crippen molar-refractivity contribution in [3.8, 4) is 11.5 Å². The van der Waals surface area contributed by atoms with Crippen molar-refractivity contribution in [2.75, 3.05) is 7.11 Å². The topological polar surface area (TPSA) is 63.8 Å². The smallest absolute Gasteiger partial charge is 0.271 e. The molecular weight excluding hydrogens is 444 g/mol. The van der Waals surface area contributed by atoms with Crippen LogP contribution in [0.1, 0.15) is 34.7 Å². The Labute approximate surface area is 200 Å². The number of nitrogens with zero attached hydrogens (tertiary/aromatic N) is 2. The lowest BCUT2D eigenvalue weighted by atomic mass is 9.83. The molecule has 0 fully saturated rings. The van der Waals surface area contributed by atoms with E-state index in [0.29, 0.717) is 20.6 Å². The number of phenolic OH excluding ortho intramolecular Hbond substituents is 1. The van der Waals surface area contributed by atoms with Gasteiger partial charge in [0.1, 0.15) is 0 Å². The van der Waals surface area contributed by atoms with Gasteiger partial charge in [0.25, 0.3) is 5.56 Å². The maximum absolute atomic E-state index is 13.7. The van der Waals surface area contributed by atoms with E-state index >= 15 is 0 Å². The van der Waals surface area contributed by atoms with Crippen LogP contribution in [0.2, 0.25) is 0 Å². The number of hydrogen-bond acceptors (Lipinski definition) is 5. The predicted molar refractivity (Wildman–Crippen MR) is 134 cm³/mol. The molecule has 0 saturated carbocycles. The average Bonchev–Trinajstić information content (AvgIpc) is 3.19. The van der Waals surface area contributed by atoms with Crippen LogP contribution in [0.5, 0.6) is 11.5 Å². The van der Waals surface area contributed by atoms with Gasteiger partial charge in [0.15, 0.2) is 16.3 Å². The monoisotopic (exact) mass is 466 g/mol. The summed E-state index contributed by atoms with van der Waals surface area (Å²) in [4.78, 5) is 19.4. The van der Waals surface area contributed by atoms with E-state index in [1.54, 1.807) is 24.3 Å². The van der Waals surface area contributed by atoms with Crippen LogP contribution < -0.4 is 19.6 Å². The Hall–Kier alpha value is -3.90. The van der Waals surface area contributed by atoms with Crippen molar-refractivity contribution in [2.24, 2.45) is 4.99 Å². The molecule has 1 N–H and O–H groups in total. The summed E-state index contributed by atoms with van der Waals surface area (Å²) in [6, 6.07) is 23.6. The van der Waals surface area contributed by atoms with Crippen molar-refractivity contribution in [1.29, 1.82) is 0 Å². The third-order valence-corrected chi connectivity index (χ3v) is 7.51. The third-order valence-electron chi connectivity index (χ3n) is 6.52. The van der Waals surface area contributed by atoms with Crippen LogP contribution in [-0.2, 0) is 6.42 Å². The van der Waals surface area contributed by atoms with Crippen LogP contribution in [0, 0.1) is 0 Å². The molecule has 4 aromatic rings. The van der Waals surface area contributed by atoms with Crippen LogP contribution in [0.25, 0.3) is 11.8 Å². The number of rotatable bonds is 3. The number of ether oxygens (including phenoxy) is 1. The standard InChI is InChI=1S/C28H22N2O3S/c1-33-22-13-7-11-19(26(22)31)16-23-27(32)30-25(18-9-3-2-4-10-18)21-15-14-17-8-5-6-12-20(17)24(21)29-28(30)34-23/h2-13,16,25,31H,14-15H2,1H3/b23-16-/t25-/m1/s1. The first-order valence-corrected chi connectivity index (χ1v) is 12.0. The summed E-state index contributed by atoms with van der Waals surface area (Å²) in [5.41, 5.74) is 6.09. The molecule has 2 heterocycles. The van der Waals surface area contributed by atoms with E-state index in [4.69, 9.17) is 9.73 Å². The fourth-order valence-corrected chi connectivity index (χ4v) is 5.91. The van der Waals surface area contributed by atoms with Crippen molar-refractivity contribution in [1.82, 2.24) is 4.57 Å². The first kappa shape index (κ1) is 20.7. The molecular formula is C28H22N2O3S. The molecule has 1 atom stereocenters. The molecule has 6 heteroatoms. The predicted octanol–water partition coefficient (Wildman–Crippen LogP) is 4.03. The minimum absolute atomic E-state index is 0.0173. The zero-order valence-electron chi connectivity index (χ0n) is 18.6. The second kappa shape index (κ2) is 8.15. The first-order valence-electron chi connectivity index (χ1n) is 11.2. The Morgan fingerprint density at radius 2 is 1.82 bits per heavy atom. The lowest BCUT2D eigenvalue weighted by Crippen LogP contribution is -2.38. The largest absolute Gasteiger partial charge is 0.504 e. The SMILES string of the molecule is COc1cccc(/C=c2\sc3n(c2=O)[C@H](c2ccccc2)C2=C(N=3)c3ccccc3CC2)c1O. The van der Waals surface area contributed by atoms with Gasteiger partial charge in [0.2, 0.25) is 0 Å². The van der Waals surface area contributed by atoms with Gasteiger partial charge < -0.3 is 9.84 Å². The van der Waals surface area contributed by atoms with Gasteiger partial charge in [-0.1, -0.05) is 78.1 Å². The summed E-state index contributed by atoms with van der Waals surface area (Å²) >= 11 is 1.35. The van der Waals surface area contributed by atoms with Crippen molar-refractivity contribution >= 4 is 23.1 Å². The average molecular weight is 467 g/mol. The highest BCUT2D eigenvalue weighted by atomic mass is 32.1. The molecule has 1 aliphatic heterocycles. The van der Waals surface area contributed by atoms with E-state index in [9.17, 15) is 9.90 Å². The quantitative estimate of drug-likeness (QED) is 0.496. The van der Waals surface area contributed by atoms with Crippen LogP contribution in [0.4, 0.5) is 0 Å². The Balaban J connectivity index is 1.62. The number of methoxy groups -OCH3 is 1. The highest BCUT2D eigenvalue weighted by Gasteiger charge is 2.32. The number of para-hydroxylation sites is 1. The molecule has 34 heavy (non-hydrogen) atoms. The molecule has 0 unspecified atom stereocenters. The van der Waals surface area contributed by atoms with Crippen LogP contribution >= 0.6 is 11.3 Å². The van der Waals surface area contributed by atoms with Gasteiger partial charge in [-0.05, 0) is 41.7 Å². The van der Waals surface area contributed by atoms with Gasteiger partial charge in [0.05, 0.1) is 23.4 Å². The van der Waals surface area contributed by atoms with E-state index in [0.717, 1.165) is 29.7 Å². The summed E-state index contributed by atoms with van der Waals surface area (Å²) < 4.78 is 7.57. The molecule has 5 nitrogen and oxygen atoms in total. The van der Waals surface area contributed by atoms with Gasteiger partial charge in [0, 0.05) is 11.1 Å². The molecule has 0 spiro atoms. The van der Waals surface area contributed by atoms with Crippen molar-refractivity contribution < 1.29 is 9.84 Å². The van der Waals surface area contributed by atoms with Crippen molar-refractivity contribution in [2.45, 2.75) is 18.9 Å². The number of phenols is 1. The summed E-state index contributed by atoms with van der Waals surface area (Å²) in [5, 5.41) is 10.6. The number of aromatic hydroxyl groups is 1. The zero-order chi connectivity index (χ0) is 23.2. The van der Waals surface area contributed by atoms with Gasteiger partial charge in [-0.3, -0.25) is 9.36 Å². The van der Waals surface area contributed by atoms with E-state index in [1.165, 1.54) is 29.6 Å². The van der Waals surface area contributed by atoms with Gasteiger partial charge in [-0.2, -0.15) is 0 Å². The highest BCUT2D eigenvalue weighted by molar-refractivity contribution is 7.07. The van der Waals surface area contributed by atoms with Crippen LogP contribution in [0.15, 0.2) is 88.2 Å². The molecule has 0 bridgehead atoms. The number of thiazole rings is 1. The summed E-state index contributed by atoms with van der Waals surface area (Å²) in [5.74, 6) is 0.388. The summed E-state index contributed by atoms with van der Waals surface area (Å²) in [6.07, 6.45) is 3.51. The molecule has 0 saturated heterocycles. The van der Waals surface area contributed by atoms with Crippen molar-refractivity contribution in [3.63, 3.8) is 0 Å². The fourth-order valence-electron chi connectivity index (χ4n) is 4.92. The molecule has 168 valence electrons. The zero-order valence-corrected chi connectivity index (χ0v) is 19.4. The van der Waals surface area contributed by atoms with Crippen LogP contribution in [-0.4, -0.2) is 16.8 Å². The van der Waals surface area contributed by atoms with E-state index < -0.39 is 0 Å². The Morgan fingerprint density at radius 1 is 1.03 bits per heavy atom. The lowest BCUT2D eigenvalue weighted by molar-refractivity contribution is 0.373.